The van der Waals surface area contributed by atoms with E-state index >= 15 is 0 Å². The van der Waals surface area contributed by atoms with Crippen molar-refractivity contribution in [2.45, 2.75) is 151 Å². The minimum absolute atomic E-state index is 0.106. The molecule has 14 atom stereocenters. The molecule has 3 saturated carbocycles. The summed E-state index contributed by atoms with van der Waals surface area (Å²) in [6.07, 6.45) is 14.3. The minimum Gasteiger partial charge on any atom is -0.393 e. The number of hydrogen-bond donors (Lipinski definition) is 3. The van der Waals surface area contributed by atoms with Gasteiger partial charge in [0.2, 0.25) is 0 Å². The molecule has 3 saturated heterocycles. The number of epoxide rings is 1. The van der Waals surface area contributed by atoms with Gasteiger partial charge in [0.15, 0.2) is 11.4 Å². The quantitative estimate of drug-likeness (QED) is 0.295. The molecule has 0 aromatic rings. The number of aliphatic hydroxyl groups excluding tert-OH is 2. The maximum Gasteiger partial charge on any atom is 0.306 e. The first-order chi connectivity index (χ1) is 21.0. The Balaban J connectivity index is 1.41. The lowest BCUT2D eigenvalue weighted by atomic mass is 9.52. The smallest absolute Gasteiger partial charge is 0.306 e. The van der Waals surface area contributed by atoms with Gasteiger partial charge in [-0.15, -0.1) is 0 Å². The zero-order chi connectivity index (χ0) is 31.3. The first kappa shape index (κ1) is 31.5. The monoisotopic (exact) mass is 614 g/mol. The van der Waals surface area contributed by atoms with Crippen LogP contribution >= 0.6 is 0 Å². The molecule has 3 bridgehead atoms. The molecule has 8 heteroatoms. The second kappa shape index (κ2) is 10.7. The zero-order valence-corrected chi connectivity index (χ0v) is 27.1. The largest absolute Gasteiger partial charge is 0.393 e. The molecule has 0 amide bonds. The summed E-state index contributed by atoms with van der Waals surface area (Å²) >= 11 is 0. The van der Waals surface area contributed by atoms with Crippen LogP contribution in [-0.4, -0.2) is 74.4 Å². The van der Waals surface area contributed by atoms with Crippen LogP contribution in [0.25, 0.3) is 0 Å². The summed E-state index contributed by atoms with van der Waals surface area (Å²) in [5, 5.41) is 35.7. The van der Waals surface area contributed by atoms with Gasteiger partial charge in [-0.2, -0.15) is 0 Å². The molecule has 44 heavy (non-hydrogen) atoms. The van der Waals surface area contributed by atoms with Gasteiger partial charge < -0.3 is 34.3 Å². The zero-order valence-electron chi connectivity index (χ0n) is 27.1. The first-order valence-electron chi connectivity index (χ1n) is 17.6. The van der Waals surface area contributed by atoms with Crippen molar-refractivity contribution in [2.24, 2.45) is 35.5 Å². The van der Waals surface area contributed by atoms with E-state index in [0.29, 0.717) is 6.42 Å². The molecule has 4 heterocycles. The molecular weight excluding hydrogens is 560 g/mol. The molecule has 7 rings (SSSR count). The molecule has 0 radical (unpaired) electrons. The molecule has 3 N–H and O–H groups in total. The van der Waals surface area contributed by atoms with Crippen LogP contribution in [0.2, 0.25) is 0 Å². The highest BCUT2D eigenvalue weighted by Gasteiger charge is 2.89. The highest BCUT2D eigenvalue weighted by Crippen LogP contribution is 2.74. The summed E-state index contributed by atoms with van der Waals surface area (Å²) in [6.45, 7) is 12.1. The molecule has 0 aromatic carbocycles. The standard InChI is InChI=1S/C36H54O8/c1-21(2)32-19-23(4)36-26-29(32)42-34(43-32,44-36)18-16-14-12-10-8-6-7-9-11-13-15-17-22(3)25-24(5)28(38)35(40,27(25)36)31(39)33(20-37)30(26)41-33/h16,18,22-27,29-31,37,39-40H,1,6-15,17,19-20H2,2-5H3/b18-16+/t22?,23-,24?,25?,26?,27-,29-,30+,31-,32-,33+,34?,35-,36?/m1/s1. The third kappa shape index (κ3) is 3.97. The van der Waals surface area contributed by atoms with Crippen LogP contribution in [0, 0.1) is 35.5 Å². The fraction of sp³-hybridized carbons (Fsp3) is 0.861. The van der Waals surface area contributed by atoms with Gasteiger partial charge in [0.1, 0.15) is 29.5 Å². The highest BCUT2D eigenvalue weighted by molar-refractivity contribution is 5.93. The van der Waals surface area contributed by atoms with E-state index in [4.69, 9.17) is 18.9 Å². The van der Waals surface area contributed by atoms with E-state index in [-0.39, 0.29) is 23.5 Å². The summed E-state index contributed by atoms with van der Waals surface area (Å²) in [5.41, 5.74) is -4.79. The lowest BCUT2D eigenvalue weighted by molar-refractivity contribution is -0.412. The number of Topliss-reactive ketones (excluding diaryl/α,β-unsaturated/α-hetero) is 1. The average molecular weight is 615 g/mol. The number of aliphatic hydroxyl groups is 3. The summed E-state index contributed by atoms with van der Waals surface area (Å²) in [6, 6.07) is 0. The Kier molecular flexibility index (Phi) is 7.65. The van der Waals surface area contributed by atoms with E-state index in [0.717, 1.165) is 37.7 Å². The lowest BCUT2D eigenvalue weighted by Crippen LogP contribution is -2.73. The van der Waals surface area contributed by atoms with Crippen molar-refractivity contribution in [1.29, 1.82) is 0 Å². The third-order valence-electron chi connectivity index (χ3n) is 13.3. The molecule has 8 nitrogen and oxygen atoms in total. The van der Waals surface area contributed by atoms with Crippen molar-refractivity contribution in [3.63, 3.8) is 0 Å². The number of ketones is 1. The molecule has 0 aromatic heterocycles. The molecule has 6 unspecified atom stereocenters. The van der Waals surface area contributed by atoms with Gasteiger partial charge in [0, 0.05) is 23.8 Å². The Morgan fingerprint density at radius 2 is 1.64 bits per heavy atom. The number of rotatable bonds is 2. The first-order valence-corrected chi connectivity index (χ1v) is 17.6. The maximum absolute atomic E-state index is 14.4. The predicted octanol–water partition coefficient (Wildman–Crippen LogP) is 4.98. The van der Waals surface area contributed by atoms with Crippen molar-refractivity contribution in [2.75, 3.05) is 6.61 Å². The maximum atomic E-state index is 14.4. The predicted molar refractivity (Wildman–Crippen MR) is 163 cm³/mol. The SMILES string of the molecule is C=C(C)[C@]12C[C@@H](C)C34OC5(/C=C/CCCCCCCCCCCC(C)C6C(C)C(=O)[C@@](O)([C@H](O)[C@@]7(CO)O[C@H]7C3[C@H]1O5)[C@@H]64)O2. The summed E-state index contributed by atoms with van der Waals surface area (Å²) < 4.78 is 27.4. The molecule has 7 aliphatic rings. The fourth-order valence-electron chi connectivity index (χ4n) is 11.2. The van der Waals surface area contributed by atoms with Crippen LogP contribution in [0.5, 0.6) is 0 Å². The normalized spacial score (nSPS) is 56.2. The highest BCUT2D eigenvalue weighted by atomic mass is 16.9. The number of carbonyl (C=O) groups is 1. The van der Waals surface area contributed by atoms with E-state index in [1.807, 2.05) is 19.9 Å². The average Bonchev–Trinajstić information content (AvgIpc) is 3.63. The van der Waals surface area contributed by atoms with E-state index in [9.17, 15) is 20.1 Å². The van der Waals surface area contributed by atoms with Crippen molar-refractivity contribution in [3.8, 4) is 0 Å². The van der Waals surface area contributed by atoms with E-state index in [2.05, 4.69) is 26.5 Å². The Hall–Kier alpha value is -1.13. The molecule has 6 fully saturated rings. The summed E-state index contributed by atoms with van der Waals surface area (Å²) in [7, 11) is 0. The number of fused-ring (bicyclic) bond motifs is 1. The fourth-order valence-corrected chi connectivity index (χ4v) is 11.2. The van der Waals surface area contributed by atoms with Gasteiger partial charge >= 0.3 is 5.97 Å². The number of hydrogen-bond acceptors (Lipinski definition) is 8. The minimum atomic E-state index is -2.15. The van der Waals surface area contributed by atoms with Crippen molar-refractivity contribution < 1.29 is 39.1 Å². The Labute approximate surface area is 262 Å². The molecule has 4 aliphatic heterocycles. The van der Waals surface area contributed by atoms with Gasteiger partial charge in [-0.3, -0.25) is 4.79 Å². The molecular formula is C36H54O8. The Morgan fingerprint density at radius 1 is 0.977 bits per heavy atom. The third-order valence-corrected chi connectivity index (χ3v) is 13.3. The van der Waals surface area contributed by atoms with Crippen molar-refractivity contribution in [1.82, 2.24) is 0 Å². The van der Waals surface area contributed by atoms with Crippen LogP contribution < -0.4 is 0 Å². The lowest BCUT2D eigenvalue weighted by Gasteiger charge is -2.61. The van der Waals surface area contributed by atoms with Crippen LogP contribution in [0.3, 0.4) is 0 Å². The number of ether oxygens (including phenoxy) is 4. The van der Waals surface area contributed by atoms with E-state index < -0.39 is 71.0 Å². The molecule has 246 valence electrons. The van der Waals surface area contributed by atoms with Crippen LogP contribution in [0.1, 0.15) is 105 Å². The van der Waals surface area contributed by atoms with Gasteiger partial charge in [-0.25, -0.2) is 0 Å². The van der Waals surface area contributed by atoms with Crippen LogP contribution in [0.15, 0.2) is 24.3 Å². The Morgan fingerprint density at radius 3 is 2.30 bits per heavy atom. The van der Waals surface area contributed by atoms with Gasteiger partial charge in [0.05, 0.1) is 12.2 Å². The second-order valence-corrected chi connectivity index (χ2v) is 15.7. The summed E-state index contributed by atoms with van der Waals surface area (Å²) in [5.74, 6) is -3.92. The van der Waals surface area contributed by atoms with Gasteiger partial charge in [-0.05, 0) is 49.5 Å². The number of carbonyl (C=O) groups excluding carboxylic acids is 1. The second-order valence-electron chi connectivity index (χ2n) is 15.7. The molecule has 3 aliphatic carbocycles. The van der Waals surface area contributed by atoms with Crippen molar-refractivity contribution >= 4 is 5.78 Å². The van der Waals surface area contributed by atoms with Crippen LogP contribution in [-0.2, 0) is 23.7 Å². The molecule has 2 spiro atoms. The van der Waals surface area contributed by atoms with E-state index in [1.54, 1.807) is 0 Å². The van der Waals surface area contributed by atoms with Gasteiger partial charge in [0.25, 0.3) is 0 Å². The summed E-state index contributed by atoms with van der Waals surface area (Å²) in [4.78, 5) is 14.4. The Bertz CT molecular complexity index is 1200. The topological polar surface area (TPSA) is 118 Å². The van der Waals surface area contributed by atoms with Crippen LogP contribution in [0.4, 0.5) is 0 Å². The van der Waals surface area contributed by atoms with E-state index in [1.165, 1.54) is 38.5 Å². The van der Waals surface area contributed by atoms with Gasteiger partial charge in [-0.1, -0.05) is 91.2 Å². The van der Waals surface area contributed by atoms with Crippen molar-refractivity contribution in [3.05, 3.63) is 24.3 Å². The number of allylic oxidation sites excluding steroid dienone is 1.